The van der Waals surface area contributed by atoms with E-state index in [1.165, 1.54) is 12.4 Å². The highest BCUT2D eigenvalue weighted by molar-refractivity contribution is 5.96. The summed E-state index contributed by atoms with van der Waals surface area (Å²) in [5.41, 5.74) is 0.824. The SMILES string of the molecule is Cc1nc(CNC(=O)c2ccncc2C#CCO)no1. The normalized spacial score (nSPS) is 9.70. The average molecular weight is 272 g/mol. The van der Waals surface area contributed by atoms with Gasteiger partial charge in [-0.15, -0.1) is 0 Å². The summed E-state index contributed by atoms with van der Waals surface area (Å²) < 4.78 is 4.81. The number of aliphatic hydroxyl groups is 1. The van der Waals surface area contributed by atoms with Crippen molar-refractivity contribution >= 4 is 5.91 Å². The molecule has 7 heteroatoms. The first-order valence-corrected chi connectivity index (χ1v) is 5.82. The van der Waals surface area contributed by atoms with Crippen LogP contribution in [-0.2, 0) is 6.54 Å². The molecule has 0 radical (unpaired) electrons. The lowest BCUT2D eigenvalue weighted by Crippen LogP contribution is -2.24. The van der Waals surface area contributed by atoms with E-state index >= 15 is 0 Å². The molecule has 0 spiro atoms. The Morgan fingerprint density at radius 2 is 2.40 bits per heavy atom. The predicted octanol–water partition coefficient (Wildman–Crippen LogP) is 0.0468. The molecule has 102 valence electrons. The fourth-order valence-corrected chi connectivity index (χ4v) is 1.49. The van der Waals surface area contributed by atoms with Gasteiger partial charge in [-0.3, -0.25) is 9.78 Å². The van der Waals surface area contributed by atoms with Crippen LogP contribution in [0.15, 0.2) is 23.0 Å². The number of rotatable bonds is 3. The standard InChI is InChI=1S/C13H12N4O3/c1-9-16-12(17-20-9)8-15-13(19)11-4-5-14-7-10(11)3-2-6-18/h4-5,7,18H,6,8H2,1H3,(H,15,19). The number of aromatic nitrogens is 3. The van der Waals surface area contributed by atoms with Crippen LogP contribution < -0.4 is 5.32 Å². The number of amides is 1. The summed E-state index contributed by atoms with van der Waals surface area (Å²) in [5, 5.41) is 15.0. The Kier molecular flexibility index (Phi) is 4.42. The summed E-state index contributed by atoms with van der Waals surface area (Å²) in [6.07, 6.45) is 2.97. The van der Waals surface area contributed by atoms with Crippen LogP contribution >= 0.6 is 0 Å². The maximum absolute atomic E-state index is 12.1. The number of aliphatic hydroxyl groups excluding tert-OH is 1. The Morgan fingerprint density at radius 1 is 1.55 bits per heavy atom. The molecule has 0 unspecified atom stereocenters. The van der Waals surface area contributed by atoms with E-state index < -0.39 is 0 Å². The number of pyridine rings is 1. The second-order valence-electron chi connectivity index (χ2n) is 3.79. The smallest absolute Gasteiger partial charge is 0.253 e. The monoisotopic (exact) mass is 272 g/mol. The van der Waals surface area contributed by atoms with Crippen LogP contribution in [0.1, 0.15) is 27.6 Å². The highest BCUT2D eigenvalue weighted by Crippen LogP contribution is 2.05. The van der Waals surface area contributed by atoms with Crippen LogP contribution in [0.2, 0.25) is 0 Å². The third-order valence-corrected chi connectivity index (χ3v) is 2.34. The van der Waals surface area contributed by atoms with Crippen LogP contribution in [0.3, 0.4) is 0 Å². The van der Waals surface area contributed by atoms with Gasteiger partial charge in [0.15, 0.2) is 5.82 Å². The molecular formula is C13H12N4O3. The Morgan fingerprint density at radius 3 is 3.10 bits per heavy atom. The second kappa shape index (κ2) is 6.45. The van der Waals surface area contributed by atoms with Gasteiger partial charge in [0.2, 0.25) is 5.89 Å². The first-order chi connectivity index (χ1) is 9.70. The van der Waals surface area contributed by atoms with Gasteiger partial charge in [0.1, 0.15) is 6.61 Å². The van der Waals surface area contributed by atoms with Crippen LogP contribution in [0.25, 0.3) is 0 Å². The van der Waals surface area contributed by atoms with E-state index in [-0.39, 0.29) is 19.1 Å². The van der Waals surface area contributed by atoms with Gasteiger partial charge < -0.3 is 14.9 Å². The van der Waals surface area contributed by atoms with Gasteiger partial charge in [-0.25, -0.2) is 0 Å². The van der Waals surface area contributed by atoms with Gasteiger partial charge in [0, 0.05) is 19.3 Å². The summed E-state index contributed by atoms with van der Waals surface area (Å²) in [6, 6.07) is 1.55. The first-order valence-electron chi connectivity index (χ1n) is 5.82. The number of nitrogens with zero attached hydrogens (tertiary/aromatic N) is 3. The van der Waals surface area contributed by atoms with Gasteiger partial charge in [-0.1, -0.05) is 17.0 Å². The first kappa shape index (κ1) is 13.7. The number of nitrogens with one attached hydrogen (secondary N) is 1. The van der Waals surface area contributed by atoms with Crippen molar-refractivity contribution in [2.24, 2.45) is 0 Å². The van der Waals surface area contributed by atoms with Gasteiger partial charge >= 0.3 is 0 Å². The molecule has 0 fully saturated rings. The van der Waals surface area contributed by atoms with Gasteiger partial charge in [-0.2, -0.15) is 4.98 Å². The molecule has 0 bridgehead atoms. The Balaban J connectivity index is 2.09. The largest absolute Gasteiger partial charge is 0.384 e. The molecule has 0 saturated carbocycles. The van der Waals surface area contributed by atoms with E-state index in [1.54, 1.807) is 13.0 Å². The van der Waals surface area contributed by atoms with Gasteiger partial charge in [-0.05, 0) is 6.07 Å². The van der Waals surface area contributed by atoms with E-state index in [1.807, 2.05) is 0 Å². The van der Waals surface area contributed by atoms with Gasteiger partial charge in [0.05, 0.1) is 17.7 Å². The van der Waals surface area contributed by atoms with Gasteiger partial charge in [0.25, 0.3) is 5.91 Å². The Bertz CT molecular complexity index is 669. The number of carbonyl (C=O) groups is 1. The van der Waals surface area contributed by atoms with Crippen molar-refractivity contribution in [2.45, 2.75) is 13.5 Å². The zero-order valence-electron chi connectivity index (χ0n) is 10.8. The molecule has 0 aliphatic rings. The van der Waals surface area contributed by atoms with Crippen molar-refractivity contribution in [3.05, 3.63) is 41.3 Å². The topological polar surface area (TPSA) is 101 Å². The lowest BCUT2D eigenvalue weighted by atomic mass is 10.1. The van der Waals surface area contributed by atoms with Crippen molar-refractivity contribution in [3.63, 3.8) is 0 Å². The van der Waals surface area contributed by atoms with Crippen LogP contribution in [-0.4, -0.2) is 32.7 Å². The summed E-state index contributed by atoms with van der Waals surface area (Å²) in [4.78, 5) is 19.9. The van der Waals surface area contributed by atoms with Crippen LogP contribution in [0.5, 0.6) is 0 Å². The van der Waals surface area contributed by atoms with E-state index in [0.717, 1.165) is 0 Å². The number of aryl methyl sites for hydroxylation is 1. The van der Waals surface area contributed by atoms with Crippen molar-refractivity contribution < 1.29 is 14.4 Å². The van der Waals surface area contributed by atoms with Crippen molar-refractivity contribution in [3.8, 4) is 11.8 Å². The minimum absolute atomic E-state index is 0.158. The third-order valence-electron chi connectivity index (χ3n) is 2.34. The summed E-state index contributed by atoms with van der Waals surface area (Å²) >= 11 is 0. The molecule has 2 rings (SSSR count). The lowest BCUT2D eigenvalue weighted by Gasteiger charge is -2.04. The van der Waals surface area contributed by atoms with Crippen molar-refractivity contribution in [2.75, 3.05) is 6.61 Å². The molecule has 2 heterocycles. The number of hydrogen-bond acceptors (Lipinski definition) is 6. The fourth-order valence-electron chi connectivity index (χ4n) is 1.49. The van der Waals surface area contributed by atoms with E-state index in [0.29, 0.717) is 22.8 Å². The number of carbonyl (C=O) groups excluding carboxylic acids is 1. The zero-order chi connectivity index (χ0) is 14.4. The maximum atomic E-state index is 12.1. The summed E-state index contributed by atoms with van der Waals surface area (Å²) in [7, 11) is 0. The number of hydrogen-bond donors (Lipinski definition) is 2. The molecule has 2 aromatic heterocycles. The third kappa shape index (κ3) is 3.40. The van der Waals surface area contributed by atoms with Crippen LogP contribution in [0, 0.1) is 18.8 Å². The highest BCUT2D eigenvalue weighted by Gasteiger charge is 2.11. The molecule has 0 aliphatic carbocycles. The summed E-state index contributed by atoms with van der Waals surface area (Å²) in [6.45, 7) is 1.55. The molecule has 2 N–H and O–H groups in total. The Labute approximate surface area is 115 Å². The van der Waals surface area contributed by atoms with Crippen molar-refractivity contribution in [1.29, 1.82) is 0 Å². The van der Waals surface area contributed by atoms with E-state index in [9.17, 15) is 4.79 Å². The molecule has 1 amide bonds. The summed E-state index contributed by atoms with van der Waals surface area (Å²) in [5.74, 6) is 5.67. The molecule has 0 aliphatic heterocycles. The van der Waals surface area contributed by atoms with E-state index in [4.69, 9.17) is 9.63 Å². The minimum Gasteiger partial charge on any atom is -0.384 e. The lowest BCUT2D eigenvalue weighted by molar-refractivity contribution is 0.0949. The molecule has 0 saturated heterocycles. The molecular weight excluding hydrogens is 260 g/mol. The van der Waals surface area contributed by atoms with Crippen molar-refractivity contribution in [1.82, 2.24) is 20.4 Å². The van der Waals surface area contributed by atoms with E-state index in [2.05, 4.69) is 32.3 Å². The molecule has 0 atom stereocenters. The quantitative estimate of drug-likeness (QED) is 0.765. The highest BCUT2D eigenvalue weighted by atomic mass is 16.5. The average Bonchev–Trinajstić information content (AvgIpc) is 2.88. The predicted molar refractivity (Wildman–Crippen MR) is 68.4 cm³/mol. The fraction of sp³-hybridized carbons (Fsp3) is 0.231. The minimum atomic E-state index is -0.322. The second-order valence-corrected chi connectivity index (χ2v) is 3.79. The molecule has 0 aromatic carbocycles. The zero-order valence-corrected chi connectivity index (χ0v) is 10.8. The Hall–Kier alpha value is -2.72. The maximum Gasteiger partial charge on any atom is 0.253 e. The molecule has 7 nitrogen and oxygen atoms in total. The molecule has 20 heavy (non-hydrogen) atoms. The molecule has 2 aromatic rings. The van der Waals surface area contributed by atoms with Crippen LogP contribution in [0.4, 0.5) is 0 Å².